The van der Waals surface area contributed by atoms with Crippen molar-refractivity contribution in [3.05, 3.63) is 29.6 Å². The number of carbonyl (C=O) groups is 1. The van der Waals surface area contributed by atoms with E-state index in [9.17, 15) is 4.79 Å². The van der Waals surface area contributed by atoms with Crippen LogP contribution in [0.25, 0.3) is 0 Å². The van der Waals surface area contributed by atoms with Gasteiger partial charge in [-0.05, 0) is 19.1 Å². The van der Waals surface area contributed by atoms with Crippen molar-refractivity contribution >= 4 is 5.91 Å². The van der Waals surface area contributed by atoms with Crippen LogP contribution in [0.5, 0.6) is 0 Å². The molecule has 1 atom stereocenters. The number of pyridine rings is 1. The molecule has 1 amide bonds. The smallest absolute Gasteiger partial charge is 0.251 e. The lowest BCUT2D eigenvalue weighted by Crippen LogP contribution is -2.35. The Morgan fingerprint density at radius 1 is 1.73 bits per heavy atom. The minimum atomic E-state index is -0.257. The Kier molecular flexibility index (Phi) is 4.20. The summed E-state index contributed by atoms with van der Waals surface area (Å²) in [5.41, 5.74) is 6.58. The molecule has 5 nitrogen and oxygen atoms in total. The van der Waals surface area contributed by atoms with E-state index in [1.807, 2.05) is 0 Å². The van der Waals surface area contributed by atoms with Gasteiger partial charge in [0.1, 0.15) is 0 Å². The zero-order valence-electron chi connectivity index (χ0n) is 8.60. The van der Waals surface area contributed by atoms with Crippen molar-refractivity contribution in [2.24, 2.45) is 5.73 Å². The molecule has 0 aliphatic heterocycles. The Morgan fingerprint density at radius 3 is 3.07 bits per heavy atom. The van der Waals surface area contributed by atoms with Crippen LogP contribution in [0.15, 0.2) is 18.3 Å². The fraction of sp³-hybridized carbons (Fsp3) is 0.400. The van der Waals surface area contributed by atoms with Gasteiger partial charge in [-0.2, -0.15) is 0 Å². The fourth-order valence-corrected chi connectivity index (χ4v) is 1.08. The highest BCUT2D eigenvalue weighted by molar-refractivity contribution is 5.94. The zero-order chi connectivity index (χ0) is 11.3. The molecule has 0 bridgehead atoms. The maximum Gasteiger partial charge on any atom is 0.251 e. The molecular weight excluding hydrogens is 194 g/mol. The summed E-state index contributed by atoms with van der Waals surface area (Å²) in [5.74, 6) is -0.228. The van der Waals surface area contributed by atoms with Gasteiger partial charge in [-0.1, -0.05) is 0 Å². The molecular formula is C10H15N3O2. The zero-order valence-corrected chi connectivity index (χ0v) is 8.60. The van der Waals surface area contributed by atoms with Crippen LogP contribution in [0.1, 0.15) is 23.0 Å². The van der Waals surface area contributed by atoms with E-state index in [4.69, 9.17) is 10.8 Å². The predicted octanol–water partition coefficient (Wildman–Crippen LogP) is -0.349. The molecule has 1 rings (SSSR count). The van der Waals surface area contributed by atoms with Gasteiger partial charge in [0.25, 0.3) is 5.91 Å². The van der Waals surface area contributed by atoms with Gasteiger partial charge in [-0.25, -0.2) is 0 Å². The number of nitrogens with one attached hydrogen (secondary N) is 1. The fourth-order valence-electron chi connectivity index (χ4n) is 1.08. The van der Waals surface area contributed by atoms with E-state index >= 15 is 0 Å². The van der Waals surface area contributed by atoms with Crippen LogP contribution in [-0.4, -0.2) is 28.6 Å². The average Bonchev–Trinajstić information content (AvgIpc) is 2.28. The number of nitrogens with two attached hydrogens (primary N) is 1. The van der Waals surface area contributed by atoms with Gasteiger partial charge in [-0.3, -0.25) is 9.78 Å². The summed E-state index contributed by atoms with van der Waals surface area (Å²) < 4.78 is 0. The first-order valence-corrected chi connectivity index (χ1v) is 4.74. The van der Waals surface area contributed by atoms with Crippen molar-refractivity contribution in [1.82, 2.24) is 10.3 Å². The number of rotatable bonds is 4. The van der Waals surface area contributed by atoms with Crippen molar-refractivity contribution in [2.75, 3.05) is 6.61 Å². The first kappa shape index (κ1) is 11.6. The van der Waals surface area contributed by atoms with Crippen molar-refractivity contribution in [3.63, 3.8) is 0 Å². The molecule has 82 valence electrons. The van der Waals surface area contributed by atoms with E-state index in [2.05, 4.69) is 10.3 Å². The molecule has 0 aromatic carbocycles. The molecule has 0 radical (unpaired) electrons. The van der Waals surface area contributed by atoms with Gasteiger partial charge in [0, 0.05) is 24.3 Å². The first-order chi connectivity index (χ1) is 7.17. The summed E-state index contributed by atoms with van der Waals surface area (Å²) in [7, 11) is 0. The second-order valence-corrected chi connectivity index (χ2v) is 3.30. The maximum absolute atomic E-state index is 11.6. The number of hydrogen-bond acceptors (Lipinski definition) is 4. The van der Waals surface area contributed by atoms with Crippen molar-refractivity contribution in [1.29, 1.82) is 0 Å². The summed E-state index contributed by atoms with van der Waals surface area (Å²) in [6, 6.07) is 2.99. The molecule has 15 heavy (non-hydrogen) atoms. The van der Waals surface area contributed by atoms with E-state index in [0.29, 0.717) is 17.8 Å². The molecule has 1 aromatic rings. The van der Waals surface area contributed by atoms with E-state index < -0.39 is 0 Å². The van der Waals surface area contributed by atoms with Crippen LogP contribution in [0, 0.1) is 0 Å². The molecule has 1 aromatic heterocycles. The number of nitrogens with zero attached hydrogens (tertiary/aromatic N) is 1. The number of hydrogen-bond donors (Lipinski definition) is 3. The van der Waals surface area contributed by atoms with E-state index in [1.165, 1.54) is 0 Å². The lowest BCUT2D eigenvalue weighted by atomic mass is 10.2. The van der Waals surface area contributed by atoms with Crippen LogP contribution in [-0.2, 0) is 6.54 Å². The van der Waals surface area contributed by atoms with Gasteiger partial charge < -0.3 is 16.2 Å². The third-order valence-electron chi connectivity index (χ3n) is 1.94. The molecule has 5 heteroatoms. The Morgan fingerprint density at radius 2 is 2.47 bits per heavy atom. The third-order valence-corrected chi connectivity index (χ3v) is 1.94. The summed E-state index contributed by atoms with van der Waals surface area (Å²) in [6.45, 7) is 1.94. The molecule has 0 saturated heterocycles. The largest absolute Gasteiger partial charge is 0.394 e. The van der Waals surface area contributed by atoms with Crippen molar-refractivity contribution < 1.29 is 9.90 Å². The summed E-state index contributed by atoms with van der Waals surface area (Å²) in [5, 5.41) is 11.4. The van der Waals surface area contributed by atoms with Crippen LogP contribution < -0.4 is 11.1 Å². The summed E-state index contributed by atoms with van der Waals surface area (Å²) >= 11 is 0. The van der Waals surface area contributed by atoms with Crippen LogP contribution in [0.3, 0.4) is 0 Å². The molecule has 0 spiro atoms. The normalized spacial score (nSPS) is 12.2. The van der Waals surface area contributed by atoms with Crippen LogP contribution >= 0.6 is 0 Å². The summed E-state index contributed by atoms with van der Waals surface area (Å²) in [4.78, 5) is 15.6. The maximum atomic E-state index is 11.6. The standard InChI is InChI=1S/C10H15N3O2/c1-7(6-14)13-10(15)8-2-3-12-9(4-8)5-11/h2-4,7,14H,5-6,11H2,1H3,(H,13,15)/t7-/m0/s1. The van der Waals surface area contributed by atoms with E-state index in [-0.39, 0.29) is 18.6 Å². The van der Waals surface area contributed by atoms with Crippen molar-refractivity contribution in [2.45, 2.75) is 19.5 Å². The molecule has 0 aliphatic carbocycles. The van der Waals surface area contributed by atoms with E-state index in [1.54, 1.807) is 25.3 Å². The number of carbonyl (C=O) groups excluding carboxylic acids is 1. The average molecular weight is 209 g/mol. The van der Waals surface area contributed by atoms with E-state index in [0.717, 1.165) is 0 Å². The van der Waals surface area contributed by atoms with Gasteiger partial charge in [-0.15, -0.1) is 0 Å². The lowest BCUT2D eigenvalue weighted by Gasteiger charge is -2.10. The van der Waals surface area contributed by atoms with Crippen LogP contribution in [0.2, 0.25) is 0 Å². The monoisotopic (exact) mass is 209 g/mol. The highest BCUT2D eigenvalue weighted by Gasteiger charge is 2.09. The minimum absolute atomic E-state index is 0.0828. The molecule has 0 fully saturated rings. The van der Waals surface area contributed by atoms with Gasteiger partial charge in [0.2, 0.25) is 0 Å². The predicted molar refractivity (Wildman–Crippen MR) is 56.1 cm³/mol. The SMILES string of the molecule is C[C@@H](CO)NC(=O)c1ccnc(CN)c1. The highest BCUT2D eigenvalue weighted by Crippen LogP contribution is 2.01. The first-order valence-electron chi connectivity index (χ1n) is 4.74. The van der Waals surface area contributed by atoms with Crippen molar-refractivity contribution in [3.8, 4) is 0 Å². The van der Waals surface area contributed by atoms with Crippen LogP contribution in [0.4, 0.5) is 0 Å². The second-order valence-electron chi connectivity index (χ2n) is 3.30. The summed E-state index contributed by atoms with van der Waals surface area (Å²) in [6.07, 6.45) is 1.54. The molecule has 4 N–H and O–H groups in total. The molecule has 0 saturated carbocycles. The molecule has 0 aliphatic rings. The number of amides is 1. The second kappa shape index (κ2) is 5.43. The topological polar surface area (TPSA) is 88.2 Å². The Balaban J connectivity index is 2.73. The quantitative estimate of drug-likeness (QED) is 0.632. The number of aliphatic hydroxyl groups excluding tert-OH is 1. The lowest BCUT2D eigenvalue weighted by molar-refractivity contribution is 0.0922. The minimum Gasteiger partial charge on any atom is -0.394 e. The Hall–Kier alpha value is -1.46. The third kappa shape index (κ3) is 3.30. The Bertz CT molecular complexity index is 341. The molecule has 0 unspecified atom stereocenters. The van der Waals surface area contributed by atoms with Gasteiger partial charge in [0.05, 0.1) is 12.3 Å². The number of aliphatic hydroxyl groups is 1. The Labute approximate surface area is 88.3 Å². The number of aromatic nitrogens is 1. The molecule has 1 heterocycles. The highest BCUT2D eigenvalue weighted by atomic mass is 16.3. The van der Waals surface area contributed by atoms with Gasteiger partial charge in [0.15, 0.2) is 0 Å². The van der Waals surface area contributed by atoms with Gasteiger partial charge >= 0.3 is 0 Å².